The van der Waals surface area contributed by atoms with Gasteiger partial charge in [-0.05, 0) is 24.3 Å². The minimum Gasteiger partial charge on any atom is -0.497 e. The average Bonchev–Trinajstić information content (AvgIpc) is 3.37. The maximum Gasteiger partial charge on any atom is 0.234 e. The Morgan fingerprint density at radius 2 is 2.00 bits per heavy atom. The number of benzene rings is 1. The van der Waals surface area contributed by atoms with Gasteiger partial charge in [-0.25, -0.2) is 0 Å². The van der Waals surface area contributed by atoms with Gasteiger partial charge < -0.3 is 29.2 Å². The summed E-state index contributed by atoms with van der Waals surface area (Å²) in [7, 11) is 4.61. The molecule has 3 aliphatic rings. The van der Waals surface area contributed by atoms with Gasteiger partial charge in [0.05, 0.1) is 38.1 Å². The lowest BCUT2D eigenvalue weighted by atomic mass is 9.77. The highest BCUT2D eigenvalue weighted by Gasteiger charge is 2.67. The monoisotopic (exact) mass is 388 g/mol. The fourth-order valence-electron chi connectivity index (χ4n) is 4.34. The number of nitrogens with zero attached hydrogens (tertiary/aromatic N) is 1. The third-order valence-corrected chi connectivity index (χ3v) is 5.76. The fourth-order valence-corrected chi connectivity index (χ4v) is 4.34. The van der Waals surface area contributed by atoms with E-state index in [1.165, 1.54) is 14.2 Å². The van der Waals surface area contributed by atoms with Gasteiger partial charge in [-0.2, -0.15) is 0 Å². The minimum absolute atomic E-state index is 0.104. The van der Waals surface area contributed by atoms with Gasteiger partial charge in [-0.15, -0.1) is 0 Å². The molecule has 2 amide bonds. The number of nitrogens with one attached hydrogen (secondary N) is 1. The molecule has 0 unspecified atom stereocenters. The van der Waals surface area contributed by atoms with Crippen molar-refractivity contribution in [3.8, 4) is 5.75 Å². The smallest absolute Gasteiger partial charge is 0.234 e. The molecular formula is C20H24N2O6. The van der Waals surface area contributed by atoms with Crippen LogP contribution in [0.1, 0.15) is 0 Å². The van der Waals surface area contributed by atoms with Crippen molar-refractivity contribution in [2.45, 2.75) is 18.0 Å². The van der Waals surface area contributed by atoms with Gasteiger partial charge in [-0.3, -0.25) is 9.59 Å². The molecule has 28 heavy (non-hydrogen) atoms. The van der Waals surface area contributed by atoms with Gasteiger partial charge in [0, 0.05) is 19.9 Å². The van der Waals surface area contributed by atoms with E-state index in [2.05, 4.69) is 5.32 Å². The van der Waals surface area contributed by atoms with Crippen LogP contribution >= 0.6 is 0 Å². The zero-order chi connectivity index (χ0) is 19.9. The number of anilines is 1. The van der Waals surface area contributed by atoms with Crippen molar-refractivity contribution in [3.05, 3.63) is 36.4 Å². The lowest BCUT2D eigenvalue weighted by Gasteiger charge is -2.24. The summed E-state index contributed by atoms with van der Waals surface area (Å²) < 4.78 is 21.5. The van der Waals surface area contributed by atoms with Crippen molar-refractivity contribution in [1.29, 1.82) is 0 Å². The summed E-state index contributed by atoms with van der Waals surface area (Å²) in [6.45, 7) is 0.591. The minimum atomic E-state index is -0.758. The molecule has 8 heteroatoms. The van der Waals surface area contributed by atoms with E-state index in [1.807, 2.05) is 36.4 Å². The molecule has 150 valence electrons. The predicted molar refractivity (Wildman–Crippen MR) is 99.9 cm³/mol. The first-order valence-electron chi connectivity index (χ1n) is 9.19. The van der Waals surface area contributed by atoms with Crippen LogP contribution in [0.4, 0.5) is 5.69 Å². The Labute approximate surface area is 163 Å². The Hall–Kier alpha value is -2.42. The van der Waals surface area contributed by atoms with Crippen LogP contribution in [0.5, 0.6) is 5.75 Å². The topological polar surface area (TPSA) is 86.3 Å². The number of hydrogen-bond acceptors (Lipinski definition) is 6. The quantitative estimate of drug-likeness (QED) is 0.547. The summed E-state index contributed by atoms with van der Waals surface area (Å²) in [5.74, 6) is -0.741. The van der Waals surface area contributed by atoms with E-state index in [9.17, 15) is 9.59 Å². The van der Waals surface area contributed by atoms with Crippen LogP contribution in [0.25, 0.3) is 0 Å². The number of amides is 2. The van der Waals surface area contributed by atoms with Gasteiger partial charge in [0.25, 0.3) is 0 Å². The average molecular weight is 388 g/mol. The number of carbonyl (C=O) groups excluding carboxylic acids is 2. The van der Waals surface area contributed by atoms with Crippen LogP contribution < -0.4 is 15.0 Å². The summed E-state index contributed by atoms with van der Waals surface area (Å²) in [6, 6.07) is 7.29. The molecule has 0 aliphatic carbocycles. The van der Waals surface area contributed by atoms with E-state index in [4.69, 9.17) is 18.9 Å². The third kappa shape index (κ3) is 2.88. The van der Waals surface area contributed by atoms with Gasteiger partial charge in [0.15, 0.2) is 6.29 Å². The molecule has 4 atom stereocenters. The van der Waals surface area contributed by atoms with Gasteiger partial charge >= 0.3 is 0 Å². The molecule has 2 saturated heterocycles. The number of ether oxygens (including phenoxy) is 4. The second-order valence-corrected chi connectivity index (χ2v) is 7.17. The predicted octanol–water partition coefficient (Wildman–Crippen LogP) is 0.717. The lowest BCUT2D eigenvalue weighted by Crippen LogP contribution is -2.46. The Morgan fingerprint density at radius 1 is 1.29 bits per heavy atom. The number of carbonyl (C=O) groups is 2. The van der Waals surface area contributed by atoms with Crippen molar-refractivity contribution >= 4 is 17.5 Å². The lowest BCUT2D eigenvalue weighted by molar-refractivity contribution is -0.135. The molecule has 3 heterocycles. The van der Waals surface area contributed by atoms with Crippen LogP contribution in [0.2, 0.25) is 0 Å². The summed E-state index contributed by atoms with van der Waals surface area (Å²) in [5.41, 5.74) is -0.000915. The molecule has 8 nitrogen and oxygen atoms in total. The molecule has 1 aromatic carbocycles. The molecule has 3 aliphatic heterocycles. The highest BCUT2D eigenvalue weighted by Crippen LogP contribution is 2.52. The van der Waals surface area contributed by atoms with Gasteiger partial charge in [-0.1, -0.05) is 12.2 Å². The number of rotatable bonds is 7. The zero-order valence-corrected chi connectivity index (χ0v) is 16.1. The number of methoxy groups -OCH3 is 3. The van der Waals surface area contributed by atoms with Crippen LogP contribution in [-0.4, -0.2) is 64.2 Å². The van der Waals surface area contributed by atoms with E-state index in [1.54, 1.807) is 12.0 Å². The summed E-state index contributed by atoms with van der Waals surface area (Å²) in [6.07, 6.45) is 2.88. The molecule has 1 N–H and O–H groups in total. The summed E-state index contributed by atoms with van der Waals surface area (Å²) >= 11 is 0. The molecule has 0 radical (unpaired) electrons. The highest BCUT2D eigenvalue weighted by atomic mass is 16.7. The second-order valence-electron chi connectivity index (χ2n) is 7.17. The Balaban J connectivity index is 1.54. The van der Waals surface area contributed by atoms with E-state index in [0.717, 1.165) is 5.69 Å². The van der Waals surface area contributed by atoms with Gasteiger partial charge in [0.2, 0.25) is 11.8 Å². The highest BCUT2D eigenvalue weighted by molar-refractivity contribution is 6.03. The van der Waals surface area contributed by atoms with E-state index < -0.39 is 29.8 Å². The SMILES string of the molecule is COc1ccc(N2C[C@]34C=C[C@H](O3)[C@H](C(=O)NCC(OC)OC)[C@H]4C2=O)cc1. The van der Waals surface area contributed by atoms with Crippen LogP contribution in [0, 0.1) is 11.8 Å². The first-order chi connectivity index (χ1) is 13.5. The molecule has 1 aromatic rings. The molecule has 0 saturated carbocycles. The van der Waals surface area contributed by atoms with E-state index in [0.29, 0.717) is 12.3 Å². The molecule has 1 spiro atoms. The van der Waals surface area contributed by atoms with Crippen LogP contribution in [-0.2, 0) is 23.8 Å². The van der Waals surface area contributed by atoms with Crippen LogP contribution in [0.15, 0.2) is 36.4 Å². The first-order valence-corrected chi connectivity index (χ1v) is 9.19. The largest absolute Gasteiger partial charge is 0.497 e. The Bertz CT molecular complexity index is 790. The molecule has 4 rings (SSSR count). The third-order valence-electron chi connectivity index (χ3n) is 5.76. The van der Waals surface area contributed by atoms with Crippen molar-refractivity contribution in [3.63, 3.8) is 0 Å². The van der Waals surface area contributed by atoms with Crippen molar-refractivity contribution < 1.29 is 28.5 Å². The van der Waals surface area contributed by atoms with E-state index in [-0.39, 0.29) is 18.4 Å². The summed E-state index contributed by atoms with van der Waals surface area (Å²) in [5, 5.41) is 2.82. The maximum atomic E-state index is 13.2. The zero-order valence-electron chi connectivity index (χ0n) is 16.1. The molecule has 2 fully saturated rings. The van der Waals surface area contributed by atoms with Crippen molar-refractivity contribution in [2.24, 2.45) is 11.8 Å². The fraction of sp³-hybridized carbons (Fsp3) is 0.500. The van der Waals surface area contributed by atoms with E-state index >= 15 is 0 Å². The van der Waals surface area contributed by atoms with Crippen LogP contribution in [0.3, 0.4) is 0 Å². The molecule has 0 aromatic heterocycles. The number of hydrogen-bond donors (Lipinski definition) is 1. The first kappa shape index (κ1) is 18.9. The molecule has 2 bridgehead atoms. The Kier molecular flexibility index (Phi) is 4.86. The number of fused-ring (bicyclic) bond motifs is 1. The maximum absolute atomic E-state index is 13.2. The second kappa shape index (κ2) is 7.20. The van der Waals surface area contributed by atoms with Crippen molar-refractivity contribution in [1.82, 2.24) is 5.32 Å². The Morgan fingerprint density at radius 3 is 2.64 bits per heavy atom. The van der Waals surface area contributed by atoms with Gasteiger partial charge in [0.1, 0.15) is 11.4 Å². The standard InChI is InChI=1S/C20H24N2O6/c1-25-13-6-4-12(5-7-13)22-11-20-9-8-14(28-20)16(17(20)19(22)24)18(23)21-10-15(26-2)27-3/h4-9,14-17H,10-11H2,1-3H3,(H,21,23)/t14-,16-,17-,20-/m0/s1. The van der Waals surface area contributed by atoms with Crippen molar-refractivity contribution in [2.75, 3.05) is 39.3 Å². The molecular weight excluding hydrogens is 364 g/mol. The normalized spacial score (nSPS) is 30.2. The summed E-state index contributed by atoms with van der Waals surface area (Å²) in [4.78, 5) is 27.8.